The van der Waals surface area contributed by atoms with Crippen molar-refractivity contribution in [1.82, 2.24) is 10.3 Å². The number of nitrogens with zero attached hydrogens (tertiary/aromatic N) is 2. The summed E-state index contributed by atoms with van der Waals surface area (Å²) in [6.45, 7) is 4.64. The van der Waals surface area contributed by atoms with E-state index in [-0.39, 0.29) is 5.82 Å². The standard InChI is InChI=1S/C17H22FN3/c1-3-11-19-12-15-5-4-6-16(20-15)13-21(2)17-9-7-14(18)8-10-17/h4-10,19H,3,11-13H2,1-2H3. The number of hydrogen-bond acceptors (Lipinski definition) is 3. The van der Waals surface area contributed by atoms with E-state index < -0.39 is 0 Å². The van der Waals surface area contributed by atoms with Crippen molar-refractivity contribution in [3.8, 4) is 0 Å². The molecule has 112 valence electrons. The van der Waals surface area contributed by atoms with E-state index in [1.54, 1.807) is 12.1 Å². The highest BCUT2D eigenvalue weighted by molar-refractivity contribution is 5.45. The minimum absolute atomic E-state index is 0.214. The van der Waals surface area contributed by atoms with Crippen molar-refractivity contribution in [2.24, 2.45) is 0 Å². The summed E-state index contributed by atoms with van der Waals surface area (Å²) in [5.41, 5.74) is 3.04. The number of nitrogens with one attached hydrogen (secondary N) is 1. The van der Waals surface area contributed by atoms with Gasteiger partial charge in [0.2, 0.25) is 0 Å². The smallest absolute Gasteiger partial charge is 0.123 e. The van der Waals surface area contributed by atoms with Crippen LogP contribution in [0.5, 0.6) is 0 Å². The zero-order valence-electron chi connectivity index (χ0n) is 12.6. The average molecular weight is 287 g/mol. The van der Waals surface area contributed by atoms with E-state index in [0.29, 0.717) is 6.54 Å². The Morgan fingerprint density at radius 2 is 1.81 bits per heavy atom. The number of benzene rings is 1. The van der Waals surface area contributed by atoms with Crippen LogP contribution in [0.2, 0.25) is 0 Å². The highest BCUT2D eigenvalue weighted by Gasteiger charge is 2.04. The Morgan fingerprint density at radius 3 is 2.52 bits per heavy atom. The van der Waals surface area contributed by atoms with Crippen molar-refractivity contribution in [2.45, 2.75) is 26.4 Å². The molecule has 0 aliphatic heterocycles. The largest absolute Gasteiger partial charge is 0.369 e. The summed E-state index contributed by atoms with van der Waals surface area (Å²) in [7, 11) is 1.98. The third kappa shape index (κ3) is 4.83. The molecule has 4 heteroatoms. The number of pyridine rings is 1. The summed E-state index contributed by atoms with van der Waals surface area (Å²) in [5, 5.41) is 3.35. The molecular weight excluding hydrogens is 265 g/mol. The molecule has 3 nitrogen and oxygen atoms in total. The van der Waals surface area contributed by atoms with Crippen LogP contribution in [0.3, 0.4) is 0 Å². The van der Waals surface area contributed by atoms with Crippen LogP contribution >= 0.6 is 0 Å². The van der Waals surface area contributed by atoms with E-state index in [0.717, 1.165) is 36.6 Å². The van der Waals surface area contributed by atoms with Gasteiger partial charge in [-0.15, -0.1) is 0 Å². The third-order valence-corrected chi connectivity index (χ3v) is 3.26. The van der Waals surface area contributed by atoms with Crippen LogP contribution in [0.1, 0.15) is 24.7 Å². The number of rotatable bonds is 7. The zero-order valence-corrected chi connectivity index (χ0v) is 12.6. The first-order valence-corrected chi connectivity index (χ1v) is 7.31. The lowest BCUT2D eigenvalue weighted by atomic mass is 10.2. The molecule has 0 spiro atoms. The first-order valence-electron chi connectivity index (χ1n) is 7.31. The summed E-state index contributed by atoms with van der Waals surface area (Å²) < 4.78 is 12.9. The van der Waals surface area contributed by atoms with E-state index in [1.807, 2.05) is 25.2 Å². The number of hydrogen-bond donors (Lipinski definition) is 1. The van der Waals surface area contributed by atoms with Gasteiger partial charge in [0.15, 0.2) is 0 Å². The Bertz CT molecular complexity index is 554. The quantitative estimate of drug-likeness (QED) is 0.792. The Labute approximate surface area is 125 Å². The monoisotopic (exact) mass is 287 g/mol. The Kier molecular flexibility index (Phi) is 5.69. The molecule has 0 bridgehead atoms. The minimum Gasteiger partial charge on any atom is -0.369 e. The van der Waals surface area contributed by atoms with Gasteiger partial charge >= 0.3 is 0 Å². The second kappa shape index (κ2) is 7.74. The van der Waals surface area contributed by atoms with Crippen LogP contribution in [0.4, 0.5) is 10.1 Å². The molecule has 0 radical (unpaired) electrons. The van der Waals surface area contributed by atoms with Crippen LogP contribution in [0.15, 0.2) is 42.5 Å². The van der Waals surface area contributed by atoms with Crippen LogP contribution in [0, 0.1) is 5.82 Å². The van der Waals surface area contributed by atoms with Crippen molar-refractivity contribution in [3.05, 3.63) is 59.7 Å². The molecule has 0 fully saturated rings. The third-order valence-electron chi connectivity index (χ3n) is 3.26. The van der Waals surface area contributed by atoms with Crippen LogP contribution in [0.25, 0.3) is 0 Å². The summed E-state index contributed by atoms with van der Waals surface area (Å²) in [4.78, 5) is 6.71. The van der Waals surface area contributed by atoms with Crippen molar-refractivity contribution in [3.63, 3.8) is 0 Å². The van der Waals surface area contributed by atoms with Gasteiger partial charge < -0.3 is 10.2 Å². The molecule has 0 aliphatic rings. The molecule has 0 aliphatic carbocycles. The topological polar surface area (TPSA) is 28.2 Å². The second-order valence-corrected chi connectivity index (χ2v) is 5.13. The van der Waals surface area contributed by atoms with E-state index in [9.17, 15) is 4.39 Å². The summed E-state index contributed by atoms with van der Waals surface area (Å²) in [5.74, 6) is -0.214. The fourth-order valence-electron chi connectivity index (χ4n) is 2.14. The first-order chi connectivity index (χ1) is 10.2. The van der Waals surface area contributed by atoms with E-state index >= 15 is 0 Å². The summed E-state index contributed by atoms with van der Waals surface area (Å²) in [6.07, 6.45) is 1.12. The lowest BCUT2D eigenvalue weighted by Gasteiger charge is -2.19. The molecule has 2 rings (SSSR count). The highest BCUT2D eigenvalue weighted by Crippen LogP contribution is 2.15. The molecule has 1 aromatic heterocycles. The molecule has 2 aromatic rings. The molecule has 0 saturated carbocycles. The van der Waals surface area contributed by atoms with E-state index in [4.69, 9.17) is 0 Å². The molecule has 1 N–H and O–H groups in total. The van der Waals surface area contributed by atoms with Gasteiger partial charge in [0, 0.05) is 19.3 Å². The maximum absolute atomic E-state index is 12.9. The van der Waals surface area contributed by atoms with Crippen LogP contribution in [-0.4, -0.2) is 18.6 Å². The number of anilines is 1. The average Bonchev–Trinajstić information content (AvgIpc) is 2.48. The van der Waals surface area contributed by atoms with Gasteiger partial charge in [-0.1, -0.05) is 13.0 Å². The molecule has 0 atom stereocenters. The normalized spacial score (nSPS) is 10.6. The fourth-order valence-corrected chi connectivity index (χ4v) is 2.14. The van der Waals surface area contributed by atoms with Gasteiger partial charge in [0.05, 0.1) is 17.9 Å². The van der Waals surface area contributed by atoms with E-state index in [1.165, 1.54) is 12.1 Å². The van der Waals surface area contributed by atoms with Crippen LogP contribution in [-0.2, 0) is 13.1 Å². The van der Waals surface area contributed by atoms with Crippen molar-refractivity contribution in [1.29, 1.82) is 0 Å². The summed E-state index contributed by atoms with van der Waals surface area (Å²) >= 11 is 0. The summed E-state index contributed by atoms with van der Waals surface area (Å²) in [6, 6.07) is 12.6. The molecular formula is C17H22FN3. The second-order valence-electron chi connectivity index (χ2n) is 5.13. The molecule has 0 saturated heterocycles. The van der Waals surface area contributed by atoms with Crippen LogP contribution < -0.4 is 10.2 Å². The van der Waals surface area contributed by atoms with Gasteiger partial charge in [-0.3, -0.25) is 4.98 Å². The van der Waals surface area contributed by atoms with Gasteiger partial charge in [0.1, 0.15) is 5.82 Å². The van der Waals surface area contributed by atoms with Gasteiger partial charge in [-0.05, 0) is 49.4 Å². The highest BCUT2D eigenvalue weighted by atomic mass is 19.1. The molecule has 1 aromatic carbocycles. The maximum Gasteiger partial charge on any atom is 0.123 e. The maximum atomic E-state index is 12.9. The van der Waals surface area contributed by atoms with Crippen molar-refractivity contribution < 1.29 is 4.39 Å². The Balaban J connectivity index is 1.98. The van der Waals surface area contributed by atoms with Gasteiger partial charge in [-0.2, -0.15) is 0 Å². The van der Waals surface area contributed by atoms with Crippen molar-refractivity contribution >= 4 is 5.69 Å². The fraction of sp³-hybridized carbons (Fsp3) is 0.353. The molecule has 21 heavy (non-hydrogen) atoms. The SMILES string of the molecule is CCCNCc1cccc(CN(C)c2ccc(F)cc2)n1. The van der Waals surface area contributed by atoms with Crippen molar-refractivity contribution in [2.75, 3.05) is 18.5 Å². The zero-order chi connectivity index (χ0) is 15.1. The predicted octanol–water partition coefficient (Wildman–Crippen LogP) is 3.36. The molecule has 1 heterocycles. The predicted molar refractivity (Wildman–Crippen MR) is 84.7 cm³/mol. The molecule has 0 unspecified atom stereocenters. The molecule has 0 amide bonds. The lowest BCUT2D eigenvalue weighted by Crippen LogP contribution is -2.19. The minimum atomic E-state index is -0.214. The lowest BCUT2D eigenvalue weighted by molar-refractivity contribution is 0.627. The Hall–Kier alpha value is -1.94. The van der Waals surface area contributed by atoms with Gasteiger partial charge in [-0.25, -0.2) is 4.39 Å². The van der Waals surface area contributed by atoms with E-state index in [2.05, 4.69) is 22.1 Å². The number of aromatic nitrogens is 1. The number of halogens is 1. The first kappa shape index (κ1) is 15.4. The van der Waals surface area contributed by atoms with Gasteiger partial charge in [0.25, 0.3) is 0 Å². The Morgan fingerprint density at radius 1 is 1.10 bits per heavy atom.